The summed E-state index contributed by atoms with van der Waals surface area (Å²) in [6, 6.07) is 0.891. The molecule has 0 amide bonds. The summed E-state index contributed by atoms with van der Waals surface area (Å²) in [6.07, 6.45) is -3.62. The van der Waals surface area contributed by atoms with Crippen LogP contribution < -0.4 is 0 Å². The van der Waals surface area contributed by atoms with Gasteiger partial charge >= 0.3 is 5.97 Å². The lowest BCUT2D eigenvalue weighted by atomic mass is 10.0. The van der Waals surface area contributed by atoms with Gasteiger partial charge in [0.15, 0.2) is 0 Å². The molecule has 0 aliphatic rings. The number of halogens is 1. The summed E-state index contributed by atoms with van der Waals surface area (Å²) in [4.78, 5) is 22.8. The van der Waals surface area contributed by atoms with Crippen LogP contribution >= 0.6 is 0 Å². The molecule has 0 aliphatic heterocycles. The number of nitrogens with zero attached hydrogens (tertiary/aromatic N) is 4. The molecule has 11 heteroatoms. The molecule has 0 saturated carbocycles. The second-order valence-corrected chi connectivity index (χ2v) is 3.88. The minimum absolute atomic E-state index is 0.374. The maximum Gasteiger partial charge on any atom is 0.342 e. The zero-order valence-corrected chi connectivity index (χ0v) is 10.2. The van der Waals surface area contributed by atoms with Crippen molar-refractivity contribution >= 4 is 11.7 Å². The molecular weight excluding hydrogens is 291 g/mol. The Bertz CT molecular complexity index is 630. The van der Waals surface area contributed by atoms with E-state index in [0.717, 1.165) is 0 Å². The molecule has 21 heavy (non-hydrogen) atoms. The Hall–Kier alpha value is -2.75. The highest BCUT2D eigenvalue weighted by atomic mass is 19.1. The Morgan fingerprint density at radius 3 is 2.62 bits per heavy atom. The number of hydrogen-bond acceptors (Lipinski definition) is 6. The maximum atomic E-state index is 13.7. The van der Waals surface area contributed by atoms with Gasteiger partial charge in [0.25, 0.3) is 5.69 Å². The minimum Gasteiger partial charge on any atom is -0.477 e. The van der Waals surface area contributed by atoms with E-state index in [0.29, 0.717) is 12.1 Å². The molecule has 1 rings (SSSR count). The van der Waals surface area contributed by atoms with E-state index >= 15 is 0 Å². The van der Waals surface area contributed by atoms with Crippen LogP contribution in [0, 0.1) is 15.9 Å². The predicted molar refractivity (Wildman–Crippen MR) is 65.0 cm³/mol. The van der Waals surface area contributed by atoms with Crippen LogP contribution in [0.4, 0.5) is 10.1 Å². The molecule has 1 aromatic carbocycles. The van der Waals surface area contributed by atoms with Crippen molar-refractivity contribution in [3.8, 4) is 0 Å². The quantitative estimate of drug-likeness (QED) is 0.234. The van der Waals surface area contributed by atoms with E-state index < -0.39 is 52.3 Å². The van der Waals surface area contributed by atoms with Crippen molar-refractivity contribution in [2.45, 2.75) is 12.2 Å². The molecule has 0 spiro atoms. The second kappa shape index (κ2) is 6.61. The fourth-order valence-corrected chi connectivity index (χ4v) is 1.55. The fraction of sp³-hybridized carbons (Fsp3) is 0.300. The van der Waals surface area contributed by atoms with Crippen LogP contribution in [-0.4, -0.2) is 38.9 Å². The number of aliphatic hydroxyl groups excluding tert-OH is 2. The zero-order chi connectivity index (χ0) is 16.2. The SMILES string of the molecule is [N-]=[N+]=NCC(O)C(O)c1cc([N+](=O)[O-])c(C(=O)O)cc1F. The van der Waals surface area contributed by atoms with Crippen molar-refractivity contribution in [1.82, 2.24) is 0 Å². The van der Waals surface area contributed by atoms with Crippen LogP contribution in [0.25, 0.3) is 10.4 Å². The third-order valence-electron chi connectivity index (χ3n) is 2.56. The number of carbonyl (C=O) groups is 1. The van der Waals surface area contributed by atoms with Gasteiger partial charge in [0.1, 0.15) is 17.5 Å². The number of aliphatic hydroxyl groups is 2. The summed E-state index contributed by atoms with van der Waals surface area (Å²) in [7, 11) is 0. The van der Waals surface area contributed by atoms with E-state index in [2.05, 4.69) is 10.0 Å². The minimum atomic E-state index is -1.92. The molecule has 0 aromatic heterocycles. The fourth-order valence-electron chi connectivity index (χ4n) is 1.55. The van der Waals surface area contributed by atoms with E-state index in [1.54, 1.807) is 0 Å². The first kappa shape index (κ1) is 16.3. The predicted octanol–water partition coefficient (Wildman–Crippen LogP) is 1.14. The molecule has 0 aliphatic carbocycles. The van der Waals surface area contributed by atoms with E-state index in [1.165, 1.54) is 0 Å². The first-order valence-corrected chi connectivity index (χ1v) is 5.37. The molecule has 2 unspecified atom stereocenters. The average molecular weight is 300 g/mol. The molecule has 0 bridgehead atoms. The number of benzene rings is 1. The molecule has 0 saturated heterocycles. The van der Waals surface area contributed by atoms with Gasteiger partial charge in [0.2, 0.25) is 0 Å². The number of carboxylic acids is 1. The Kier molecular flexibility index (Phi) is 5.13. The number of nitro groups is 1. The van der Waals surface area contributed by atoms with Crippen LogP contribution in [0.5, 0.6) is 0 Å². The number of rotatable bonds is 6. The molecule has 2 atom stereocenters. The normalized spacial score (nSPS) is 13.1. The van der Waals surface area contributed by atoms with E-state index in [9.17, 15) is 29.5 Å². The molecule has 112 valence electrons. The Balaban J connectivity index is 3.31. The molecule has 10 nitrogen and oxygen atoms in total. The van der Waals surface area contributed by atoms with Crippen molar-refractivity contribution in [2.24, 2.45) is 5.11 Å². The largest absolute Gasteiger partial charge is 0.477 e. The summed E-state index contributed by atoms with van der Waals surface area (Å²) < 4.78 is 13.7. The summed E-state index contributed by atoms with van der Waals surface area (Å²) >= 11 is 0. The molecule has 3 N–H and O–H groups in total. The monoisotopic (exact) mass is 300 g/mol. The Morgan fingerprint density at radius 1 is 1.52 bits per heavy atom. The maximum absolute atomic E-state index is 13.7. The van der Waals surface area contributed by atoms with Crippen LogP contribution in [0.1, 0.15) is 22.0 Å². The van der Waals surface area contributed by atoms with E-state index in [1.807, 2.05) is 0 Å². The van der Waals surface area contributed by atoms with Crippen LogP contribution in [0.15, 0.2) is 17.2 Å². The van der Waals surface area contributed by atoms with Crippen LogP contribution in [-0.2, 0) is 0 Å². The van der Waals surface area contributed by atoms with Crippen LogP contribution in [0.3, 0.4) is 0 Å². The number of azide groups is 1. The second-order valence-electron chi connectivity index (χ2n) is 3.88. The van der Waals surface area contributed by atoms with Gasteiger partial charge in [-0.3, -0.25) is 10.1 Å². The van der Waals surface area contributed by atoms with Crippen molar-refractivity contribution in [1.29, 1.82) is 0 Å². The number of hydrogen-bond donors (Lipinski definition) is 3. The van der Waals surface area contributed by atoms with Crippen LogP contribution in [0.2, 0.25) is 0 Å². The van der Waals surface area contributed by atoms with E-state index in [4.69, 9.17) is 10.6 Å². The van der Waals surface area contributed by atoms with Crippen molar-refractivity contribution < 1.29 is 29.4 Å². The number of aromatic carboxylic acids is 1. The first-order chi connectivity index (χ1) is 9.79. The zero-order valence-electron chi connectivity index (χ0n) is 10.2. The molecular formula is C10H9FN4O6. The molecule has 0 radical (unpaired) electrons. The van der Waals surface area contributed by atoms with Crippen molar-refractivity contribution in [3.63, 3.8) is 0 Å². The summed E-state index contributed by atoms with van der Waals surface area (Å²) in [5.41, 5.74) is 5.57. The standard InChI is InChI=1S/C10H9FN4O6/c11-6-1-5(10(18)19)7(15(20)21)2-4(6)9(17)8(16)3-13-14-12/h1-2,8-9,16-17H,3H2,(H,18,19). The number of nitro benzene ring substituents is 1. The summed E-state index contributed by atoms with van der Waals surface area (Å²) in [6.45, 7) is -0.592. The lowest BCUT2D eigenvalue weighted by Crippen LogP contribution is -2.22. The topological polar surface area (TPSA) is 170 Å². The highest BCUT2D eigenvalue weighted by molar-refractivity contribution is 5.92. The molecule has 0 heterocycles. The van der Waals surface area contributed by atoms with Gasteiger partial charge in [-0.05, 0) is 11.6 Å². The van der Waals surface area contributed by atoms with Gasteiger partial charge in [-0.15, -0.1) is 0 Å². The van der Waals surface area contributed by atoms with Gasteiger partial charge in [0.05, 0.1) is 17.6 Å². The Morgan fingerprint density at radius 2 is 2.14 bits per heavy atom. The van der Waals surface area contributed by atoms with Gasteiger partial charge in [0, 0.05) is 16.5 Å². The van der Waals surface area contributed by atoms with Gasteiger partial charge < -0.3 is 15.3 Å². The highest BCUT2D eigenvalue weighted by Gasteiger charge is 2.28. The lowest BCUT2D eigenvalue weighted by molar-refractivity contribution is -0.385. The third-order valence-corrected chi connectivity index (χ3v) is 2.56. The lowest BCUT2D eigenvalue weighted by Gasteiger charge is -2.17. The Labute approximate surface area is 115 Å². The van der Waals surface area contributed by atoms with E-state index in [-0.39, 0.29) is 0 Å². The summed E-state index contributed by atoms with van der Waals surface area (Å²) in [5, 5.41) is 41.6. The average Bonchev–Trinajstić information content (AvgIpc) is 2.43. The van der Waals surface area contributed by atoms with Gasteiger partial charge in [-0.2, -0.15) is 0 Å². The molecule has 0 fully saturated rings. The first-order valence-electron chi connectivity index (χ1n) is 5.37. The van der Waals surface area contributed by atoms with Gasteiger partial charge in [-0.1, -0.05) is 5.11 Å². The molecule has 1 aromatic rings. The smallest absolute Gasteiger partial charge is 0.342 e. The highest BCUT2D eigenvalue weighted by Crippen LogP contribution is 2.28. The number of carboxylic acid groups (broad SMARTS) is 1. The van der Waals surface area contributed by atoms with Crippen molar-refractivity contribution in [2.75, 3.05) is 6.54 Å². The third kappa shape index (κ3) is 3.63. The summed E-state index contributed by atoms with van der Waals surface area (Å²) in [5.74, 6) is -2.96. The van der Waals surface area contributed by atoms with Crippen molar-refractivity contribution in [3.05, 3.63) is 49.6 Å². The van der Waals surface area contributed by atoms with Gasteiger partial charge in [-0.25, -0.2) is 9.18 Å².